The first-order chi connectivity index (χ1) is 12.9. The van der Waals surface area contributed by atoms with E-state index in [0.29, 0.717) is 43.1 Å². The van der Waals surface area contributed by atoms with Gasteiger partial charge < -0.3 is 14.8 Å². The summed E-state index contributed by atoms with van der Waals surface area (Å²) in [7, 11) is 1.54. The van der Waals surface area contributed by atoms with E-state index < -0.39 is 5.97 Å². The van der Waals surface area contributed by atoms with Crippen LogP contribution in [-0.4, -0.2) is 24.7 Å². The molecule has 8 heteroatoms. The summed E-state index contributed by atoms with van der Waals surface area (Å²) in [6.07, 6.45) is 1.42. The van der Waals surface area contributed by atoms with Crippen molar-refractivity contribution in [2.45, 2.75) is 6.92 Å². The number of halogens is 3. The molecule has 0 aliphatic heterocycles. The Labute approximate surface area is 171 Å². The van der Waals surface area contributed by atoms with Gasteiger partial charge in [0, 0.05) is 21.6 Å². The fourth-order valence-electron chi connectivity index (χ4n) is 2.64. The summed E-state index contributed by atoms with van der Waals surface area (Å²) in [5, 5.41) is 5.06. The van der Waals surface area contributed by atoms with Crippen molar-refractivity contribution in [1.29, 1.82) is 0 Å². The summed E-state index contributed by atoms with van der Waals surface area (Å²) >= 11 is 18.6. The fourth-order valence-corrected chi connectivity index (χ4v) is 3.35. The van der Waals surface area contributed by atoms with E-state index in [4.69, 9.17) is 44.3 Å². The monoisotopic (exact) mass is 424 g/mol. The number of benzene rings is 2. The molecule has 1 heterocycles. The van der Waals surface area contributed by atoms with Crippen LogP contribution >= 0.6 is 34.8 Å². The Bertz CT molecular complexity index is 1020. The molecule has 27 heavy (non-hydrogen) atoms. The summed E-state index contributed by atoms with van der Waals surface area (Å²) < 4.78 is 10.5. The van der Waals surface area contributed by atoms with E-state index in [1.165, 1.54) is 6.20 Å². The van der Waals surface area contributed by atoms with Crippen molar-refractivity contribution in [2.24, 2.45) is 0 Å². The van der Waals surface area contributed by atoms with E-state index in [1.54, 1.807) is 44.4 Å². The topological polar surface area (TPSA) is 60.5 Å². The van der Waals surface area contributed by atoms with Gasteiger partial charge in [0.15, 0.2) is 0 Å². The van der Waals surface area contributed by atoms with Crippen LogP contribution in [0.25, 0.3) is 10.9 Å². The molecule has 3 aromatic rings. The molecule has 0 fully saturated rings. The molecule has 0 bridgehead atoms. The van der Waals surface area contributed by atoms with E-state index in [2.05, 4.69) is 10.3 Å². The lowest BCUT2D eigenvalue weighted by Crippen LogP contribution is -2.09. The van der Waals surface area contributed by atoms with Crippen molar-refractivity contribution in [3.63, 3.8) is 0 Å². The molecule has 3 rings (SSSR count). The van der Waals surface area contributed by atoms with Crippen LogP contribution in [0.5, 0.6) is 5.75 Å². The van der Waals surface area contributed by atoms with Gasteiger partial charge in [-0.25, -0.2) is 4.79 Å². The van der Waals surface area contributed by atoms with Crippen molar-refractivity contribution in [3.05, 3.63) is 57.2 Å². The first kappa shape index (κ1) is 19.5. The molecule has 5 nitrogen and oxygen atoms in total. The van der Waals surface area contributed by atoms with Gasteiger partial charge in [0.2, 0.25) is 0 Å². The van der Waals surface area contributed by atoms with E-state index in [0.717, 1.165) is 0 Å². The highest BCUT2D eigenvalue weighted by atomic mass is 35.5. The molecule has 0 saturated heterocycles. The number of fused-ring (bicyclic) bond motifs is 1. The molecule has 1 aromatic heterocycles. The summed E-state index contributed by atoms with van der Waals surface area (Å²) in [6.45, 7) is 1.96. The highest BCUT2D eigenvalue weighted by Gasteiger charge is 2.20. The number of rotatable bonds is 5. The van der Waals surface area contributed by atoms with Crippen molar-refractivity contribution in [2.75, 3.05) is 19.0 Å². The van der Waals surface area contributed by atoms with Crippen molar-refractivity contribution in [1.82, 2.24) is 4.98 Å². The molecule has 0 aliphatic rings. The molecule has 0 radical (unpaired) electrons. The molecule has 0 unspecified atom stereocenters. The minimum absolute atomic E-state index is 0.229. The number of nitrogens with zero attached hydrogens (tertiary/aromatic N) is 1. The minimum atomic E-state index is -0.522. The number of ether oxygens (including phenoxy) is 2. The van der Waals surface area contributed by atoms with Crippen LogP contribution in [-0.2, 0) is 4.74 Å². The van der Waals surface area contributed by atoms with Gasteiger partial charge in [-0.3, -0.25) is 4.98 Å². The third-order valence-corrected chi connectivity index (χ3v) is 4.55. The maximum absolute atomic E-state index is 12.5. The summed E-state index contributed by atoms with van der Waals surface area (Å²) in [5.41, 5.74) is 1.75. The van der Waals surface area contributed by atoms with Crippen LogP contribution in [0.15, 0.2) is 36.5 Å². The summed E-state index contributed by atoms with van der Waals surface area (Å²) in [4.78, 5) is 16.8. The molecule has 2 aromatic carbocycles. The van der Waals surface area contributed by atoms with E-state index in [1.807, 2.05) is 0 Å². The average Bonchev–Trinajstić information content (AvgIpc) is 2.62. The van der Waals surface area contributed by atoms with Crippen LogP contribution < -0.4 is 10.1 Å². The van der Waals surface area contributed by atoms with E-state index in [-0.39, 0.29) is 12.2 Å². The standard InChI is InChI=1S/C19H15Cl3N2O3/c1-3-27-19(25)13-9-23-18-12(6-11(21)7-14(18)22)17(13)24-15-8-10(20)4-5-16(15)26-2/h4-9H,3H2,1-2H3,(H,23,24). The Hall–Kier alpha value is -2.21. The highest BCUT2D eigenvalue weighted by molar-refractivity contribution is 6.39. The molecule has 140 valence electrons. The molecule has 1 N–H and O–H groups in total. The zero-order chi connectivity index (χ0) is 19.6. The third kappa shape index (κ3) is 4.05. The molecule has 0 aliphatic carbocycles. The number of nitrogens with one attached hydrogen (secondary N) is 1. The van der Waals surface area contributed by atoms with Crippen LogP contribution in [0.4, 0.5) is 11.4 Å². The number of carbonyl (C=O) groups excluding carboxylic acids is 1. The van der Waals surface area contributed by atoms with Crippen molar-refractivity contribution < 1.29 is 14.3 Å². The quantitative estimate of drug-likeness (QED) is 0.499. The number of anilines is 2. The zero-order valence-electron chi connectivity index (χ0n) is 14.5. The molecular weight excluding hydrogens is 411 g/mol. The maximum Gasteiger partial charge on any atom is 0.341 e. The predicted molar refractivity (Wildman–Crippen MR) is 109 cm³/mol. The molecule has 0 spiro atoms. The first-order valence-corrected chi connectivity index (χ1v) is 9.13. The Kier molecular flexibility index (Phi) is 5.95. The predicted octanol–water partition coefficient (Wildman–Crippen LogP) is 6.12. The summed E-state index contributed by atoms with van der Waals surface area (Å²) in [5.74, 6) is 0.0267. The Morgan fingerprint density at radius 1 is 1.15 bits per heavy atom. The Morgan fingerprint density at radius 3 is 2.63 bits per heavy atom. The molecule has 0 atom stereocenters. The van der Waals surface area contributed by atoms with Crippen molar-refractivity contribution in [3.8, 4) is 5.75 Å². The third-order valence-electron chi connectivity index (χ3n) is 3.81. The maximum atomic E-state index is 12.5. The second kappa shape index (κ2) is 8.21. The second-order valence-electron chi connectivity index (χ2n) is 5.52. The van der Waals surface area contributed by atoms with Gasteiger partial charge in [0.1, 0.15) is 11.3 Å². The number of aromatic nitrogens is 1. The molecular formula is C19H15Cl3N2O3. The Morgan fingerprint density at radius 2 is 1.93 bits per heavy atom. The van der Waals surface area contributed by atoms with Gasteiger partial charge in [-0.2, -0.15) is 0 Å². The van der Waals surface area contributed by atoms with E-state index in [9.17, 15) is 4.79 Å². The lowest BCUT2D eigenvalue weighted by atomic mass is 10.1. The SMILES string of the molecule is CCOC(=O)c1cnc2c(Cl)cc(Cl)cc2c1Nc1cc(Cl)ccc1OC. The number of hydrogen-bond acceptors (Lipinski definition) is 5. The normalized spacial score (nSPS) is 10.7. The molecule has 0 saturated carbocycles. The number of pyridine rings is 1. The number of hydrogen-bond donors (Lipinski definition) is 1. The van der Waals surface area contributed by atoms with Crippen LogP contribution in [0, 0.1) is 0 Å². The number of methoxy groups -OCH3 is 1. The van der Waals surface area contributed by atoms with Gasteiger partial charge in [0.05, 0.1) is 35.6 Å². The average molecular weight is 426 g/mol. The molecule has 0 amide bonds. The lowest BCUT2D eigenvalue weighted by molar-refractivity contribution is 0.0527. The zero-order valence-corrected chi connectivity index (χ0v) is 16.7. The fraction of sp³-hybridized carbons (Fsp3) is 0.158. The van der Waals surface area contributed by atoms with Gasteiger partial charge in [0.25, 0.3) is 0 Å². The van der Waals surface area contributed by atoms with Crippen LogP contribution in [0.2, 0.25) is 15.1 Å². The van der Waals surface area contributed by atoms with Gasteiger partial charge in [-0.1, -0.05) is 34.8 Å². The largest absolute Gasteiger partial charge is 0.495 e. The first-order valence-electron chi connectivity index (χ1n) is 8.00. The van der Waals surface area contributed by atoms with Gasteiger partial charge in [-0.05, 0) is 37.3 Å². The van der Waals surface area contributed by atoms with E-state index >= 15 is 0 Å². The number of carbonyl (C=O) groups is 1. The smallest absolute Gasteiger partial charge is 0.341 e. The van der Waals surface area contributed by atoms with Gasteiger partial charge >= 0.3 is 5.97 Å². The number of esters is 1. The second-order valence-corrected chi connectivity index (χ2v) is 6.80. The minimum Gasteiger partial charge on any atom is -0.495 e. The van der Waals surface area contributed by atoms with Gasteiger partial charge in [-0.15, -0.1) is 0 Å². The van der Waals surface area contributed by atoms with Crippen LogP contribution in [0.1, 0.15) is 17.3 Å². The van der Waals surface area contributed by atoms with Crippen LogP contribution in [0.3, 0.4) is 0 Å². The summed E-state index contributed by atoms with van der Waals surface area (Å²) in [6, 6.07) is 8.38. The lowest BCUT2D eigenvalue weighted by Gasteiger charge is -2.17. The highest BCUT2D eigenvalue weighted by Crippen LogP contribution is 2.38. The van der Waals surface area contributed by atoms with Crippen molar-refractivity contribution >= 4 is 63.0 Å². The Balaban J connectivity index is 2.26.